The van der Waals surface area contributed by atoms with Crippen molar-refractivity contribution in [2.24, 2.45) is 17.3 Å². The maximum absolute atomic E-state index is 9.70. The highest BCUT2D eigenvalue weighted by atomic mass is 16.3. The molecule has 1 unspecified atom stereocenters. The van der Waals surface area contributed by atoms with Gasteiger partial charge in [0.2, 0.25) is 0 Å². The molecule has 2 aliphatic carbocycles. The Balaban J connectivity index is 2.17. The minimum absolute atomic E-state index is 0.142. The fourth-order valence-corrected chi connectivity index (χ4v) is 3.46. The molecule has 2 heteroatoms. The van der Waals surface area contributed by atoms with Gasteiger partial charge in [-0.2, -0.15) is 0 Å². The van der Waals surface area contributed by atoms with Gasteiger partial charge in [0, 0.05) is 5.41 Å². The topological polar surface area (TPSA) is 40.5 Å². The van der Waals surface area contributed by atoms with Crippen molar-refractivity contribution in [1.29, 1.82) is 0 Å². The monoisotopic (exact) mass is 210 g/mol. The Hall–Kier alpha value is -0.340. The Labute approximate surface area is 92.0 Å². The summed E-state index contributed by atoms with van der Waals surface area (Å²) >= 11 is 0. The molecule has 1 fully saturated rings. The highest BCUT2D eigenvalue weighted by Crippen LogP contribution is 2.47. The van der Waals surface area contributed by atoms with Crippen LogP contribution in [-0.2, 0) is 0 Å². The van der Waals surface area contributed by atoms with Gasteiger partial charge in [0.25, 0.3) is 0 Å². The molecule has 1 saturated carbocycles. The van der Waals surface area contributed by atoms with Gasteiger partial charge in [0.05, 0.1) is 13.2 Å². The molecule has 0 bridgehead atoms. The first-order valence-electron chi connectivity index (χ1n) is 6.22. The zero-order valence-corrected chi connectivity index (χ0v) is 9.36. The summed E-state index contributed by atoms with van der Waals surface area (Å²) in [5.41, 5.74) is -0.233. The van der Waals surface area contributed by atoms with Crippen molar-refractivity contribution in [2.75, 3.05) is 13.2 Å². The van der Waals surface area contributed by atoms with Crippen LogP contribution in [0.4, 0.5) is 0 Å². The largest absolute Gasteiger partial charge is 0.396 e. The van der Waals surface area contributed by atoms with Crippen LogP contribution in [0.2, 0.25) is 0 Å². The van der Waals surface area contributed by atoms with Crippen LogP contribution in [0.25, 0.3) is 0 Å². The van der Waals surface area contributed by atoms with E-state index in [1.54, 1.807) is 0 Å². The van der Waals surface area contributed by atoms with Crippen LogP contribution >= 0.6 is 0 Å². The lowest BCUT2D eigenvalue weighted by atomic mass is 9.66. The lowest BCUT2D eigenvalue weighted by molar-refractivity contribution is -0.0280. The normalized spacial score (nSPS) is 27.7. The lowest BCUT2D eigenvalue weighted by Gasteiger charge is -2.40. The van der Waals surface area contributed by atoms with E-state index in [9.17, 15) is 10.2 Å². The molecule has 2 N–H and O–H groups in total. The van der Waals surface area contributed by atoms with Gasteiger partial charge in [0.1, 0.15) is 0 Å². The minimum Gasteiger partial charge on any atom is -0.396 e. The number of hydrogen-bond donors (Lipinski definition) is 2. The van der Waals surface area contributed by atoms with E-state index in [1.165, 1.54) is 25.7 Å². The number of hydrogen-bond acceptors (Lipinski definition) is 2. The molecule has 2 aliphatic rings. The fraction of sp³-hybridized carbons (Fsp3) is 0.846. The maximum Gasteiger partial charge on any atom is 0.0517 e. The summed E-state index contributed by atoms with van der Waals surface area (Å²) in [6, 6.07) is 0. The molecule has 0 spiro atoms. The molecule has 0 radical (unpaired) electrons. The fourth-order valence-electron chi connectivity index (χ4n) is 3.46. The molecule has 2 rings (SSSR count). The molecule has 0 saturated heterocycles. The van der Waals surface area contributed by atoms with Crippen LogP contribution in [0.1, 0.15) is 38.5 Å². The third kappa shape index (κ3) is 1.85. The van der Waals surface area contributed by atoms with Crippen LogP contribution in [0.15, 0.2) is 12.2 Å². The smallest absolute Gasteiger partial charge is 0.0517 e. The zero-order valence-electron chi connectivity index (χ0n) is 9.36. The third-order valence-corrected chi connectivity index (χ3v) is 4.51. The second-order valence-electron chi connectivity index (χ2n) is 5.14. The van der Waals surface area contributed by atoms with E-state index in [4.69, 9.17) is 0 Å². The molecule has 0 amide bonds. The first kappa shape index (κ1) is 11.2. The summed E-state index contributed by atoms with van der Waals surface area (Å²) in [7, 11) is 0. The molecule has 1 atom stereocenters. The summed E-state index contributed by atoms with van der Waals surface area (Å²) in [4.78, 5) is 0. The number of aliphatic hydroxyl groups excluding tert-OH is 2. The van der Waals surface area contributed by atoms with Crippen LogP contribution in [0.5, 0.6) is 0 Å². The molecule has 15 heavy (non-hydrogen) atoms. The van der Waals surface area contributed by atoms with Gasteiger partial charge in [-0.25, -0.2) is 0 Å². The van der Waals surface area contributed by atoms with Crippen molar-refractivity contribution < 1.29 is 10.2 Å². The van der Waals surface area contributed by atoms with E-state index in [1.807, 2.05) is 0 Å². The second-order valence-corrected chi connectivity index (χ2v) is 5.14. The first-order chi connectivity index (χ1) is 7.33. The molecule has 0 aromatic carbocycles. The molecule has 2 nitrogen and oxygen atoms in total. The Bertz CT molecular complexity index is 225. The summed E-state index contributed by atoms with van der Waals surface area (Å²) in [6.45, 7) is 0.284. The van der Waals surface area contributed by atoms with Gasteiger partial charge in [0.15, 0.2) is 0 Å². The summed E-state index contributed by atoms with van der Waals surface area (Å²) in [6.07, 6.45) is 11.5. The van der Waals surface area contributed by atoms with Gasteiger partial charge in [-0.1, -0.05) is 25.0 Å². The maximum atomic E-state index is 9.70. The number of aliphatic hydroxyl groups is 2. The van der Waals surface area contributed by atoms with E-state index < -0.39 is 0 Å². The van der Waals surface area contributed by atoms with Crippen molar-refractivity contribution in [1.82, 2.24) is 0 Å². The highest BCUT2D eigenvalue weighted by Gasteiger charge is 2.44. The van der Waals surface area contributed by atoms with Crippen LogP contribution in [0.3, 0.4) is 0 Å². The highest BCUT2D eigenvalue weighted by molar-refractivity contribution is 5.07. The minimum atomic E-state index is -0.233. The predicted octanol–water partition coefficient (Wildman–Crippen LogP) is 2.11. The second kappa shape index (κ2) is 4.67. The molecule has 86 valence electrons. The van der Waals surface area contributed by atoms with E-state index >= 15 is 0 Å². The Morgan fingerprint density at radius 3 is 2.20 bits per heavy atom. The summed E-state index contributed by atoms with van der Waals surface area (Å²) in [5.74, 6) is 0.927. The van der Waals surface area contributed by atoms with E-state index in [0.717, 1.165) is 12.8 Å². The van der Waals surface area contributed by atoms with Crippen LogP contribution in [-0.4, -0.2) is 23.4 Å². The zero-order chi connectivity index (χ0) is 10.7. The summed E-state index contributed by atoms with van der Waals surface area (Å²) < 4.78 is 0. The van der Waals surface area contributed by atoms with Gasteiger partial charge >= 0.3 is 0 Å². The van der Waals surface area contributed by atoms with Crippen molar-refractivity contribution in [3.8, 4) is 0 Å². The van der Waals surface area contributed by atoms with Gasteiger partial charge in [-0.15, -0.1) is 0 Å². The van der Waals surface area contributed by atoms with Gasteiger partial charge in [-0.3, -0.25) is 0 Å². The molecule has 0 aromatic rings. The molecule has 0 aromatic heterocycles. The molecule has 0 heterocycles. The first-order valence-corrected chi connectivity index (χ1v) is 6.22. The average Bonchev–Trinajstić information content (AvgIpc) is 2.92. The SMILES string of the molecule is OCC(CO)(C1C=CCC1)C1CCCC1. The number of allylic oxidation sites excluding steroid dienone is 2. The van der Waals surface area contributed by atoms with Gasteiger partial charge in [-0.05, 0) is 37.5 Å². The Morgan fingerprint density at radius 2 is 1.73 bits per heavy atom. The van der Waals surface area contributed by atoms with E-state index in [0.29, 0.717) is 11.8 Å². The standard InChI is InChI=1S/C13H22O2/c14-9-13(10-15,11-5-1-2-6-11)12-7-3-4-8-12/h1,5,11-12,14-15H,2-4,6-10H2. The quantitative estimate of drug-likeness (QED) is 0.698. The van der Waals surface area contributed by atoms with Crippen molar-refractivity contribution in [3.05, 3.63) is 12.2 Å². The van der Waals surface area contributed by atoms with Crippen molar-refractivity contribution in [2.45, 2.75) is 38.5 Å². The Kier molecular flexibility index (Phi) is 3.47. The van der Waals surface area contributed by atoms with Crippen molar-refractivity contribution in [3.63, 3.8) is 0 Å². The van der Waals surface area contributed by atoms with Crippen LogP contribution < -0.4 is 0 Å². The average molecular weight is 210 g/mol. The predicted molar refractivity (Wildman–Crippen MR) is 60.4 cm³/mol. The third-order valence-electron chi connectivity index (χ3n) is 4.51. The van der Waals surface area contributed by atoms with Crippen molar-refractivity contribution >= 4 is 0 Å². The molecule has 0 aliphatic heterocycles. The Morgan fingerprint density at radius 1 is 1.07 bits per heavy atom. The van der Waals surface area contributed by atoms with Gasteiger partial charge < -0.3 is 10.2 Å². The molecular formula is C13H22O2. The van der Waals surface area contributed by atoms with Crippen LogP contribution in [0, 0.1) is 17.3 Å². The lowest BCUT2D eigenvalue weighted by Crippen LogP contribution is -2.42. The summed E-state index contributed by atoms with van der Waals surface area (Å²) in [5, 5.41) is 19.4. The van der Waals surface area contributed by atoms with E-state index in [2.05, 4.69) is 12.2 Å². The number of rotatable bonds is 4. The van der Waals surface area contributed by atoms with E-state index in [-0.39, 0.29) is 18.6 Å². The molecular weight excluding hydrogens is 188 g/mol.